The predicted molar refractivity (Wildman–Crippen MR) is 132 cm³/mol. The fourth-order valence-electron chi connectivity index (χ4n) is 5.43. The third-order valence-corrected chi connectivity index (χ3v) is 7.02. The number of fused-ring (bicyclic) bond motifs is 1. The number of nitro groups is 1. The minimum absolute atomic E-state index is 0.0338. The minimum atomic E-state index is -1.47. The van der Waals surface area contributed by atoms with E-state index in [1.807, 2.05) is 33.8 Å². The van der Waals surface area contributed by atoms with Crippen LogP contribution in [0.3, 0.4) is 0 Å². The van der Waals surface area contributed by atoms with E-state index >= 15 is 0 Å². The molecule has 0 saturated carbocycles. The molecule has 176 valence electrons. The van der Waals surface area contributed by atoms with E-state index in [1.54, 1.807) is 23.1 Å². The maximum absolute atomic E-state index is 14.4. The van der Waals surface area contributed by atoms with Gasteiger partial charge in [-0.3, -0.25) is 14.9 Å². The zero-order valence-electron chi connectivity index (χ0n) is 19.9. The summed E-state index contributed by atoms with van der Waals surface area (Å²) in [6.07, 6.45) is 4.46. The Balaban J connectivity index is 1.83. The number of hydrogen-bond donors (Lipinski definition) is 1. The van der Waals surface area contributed by atoms with Crippen LogP contribution in [0.5, 0.6) is 0 Å². The molecule has 1 atom stereocenters. The van der Waals surface area contributed by atoms with Gasteiger partial charge >= 0.3 is 0 Å². The first-order valence-electron chi connectivity index (χ1n) is 11.3. The normalized spacial score (nSPS) is 21.8. The van der Waals surface area contributed by atoms with Gasteiger partial charge in [-0.15, -0.1) is 0 Å². The summed E-state index contributed by atoms with van der Waals surface area (Å²) >= 11 is 0. The molecule has 2 aromatic carbocycles. The Bertz CT molecular complexity index is 1460. The molecule has 0 radical (unpaired) electrons. The van der Waals surface area contributed by atoms with Gasteiger partial charge in [0.05, 0.1) is 16.1 Å². The summed E-state index contributed by atoms with van der Waals surface area (Å²) in [5.74, 6) is -0.171. The van der Waals surface area contributed by atoms with Crippen molar-refractivity contribution < 1.29 is 14.5 Å². The van der Waals surface area contributed by atoms with Crippen molar-refractivity contribution in [3.63, 3.8) is 0 Å². The molecule has 1 spiro atoms. The highest BCUT2D eigenvalue weighted by Crippen LogP contribution is 2.57. The van der Waals surface area contributed by atoms with Gasteiger partial charge in [-0.05, 0) is 62.6 Å². The second-order valence-electron chi connectivity index (χ2n) is 9.59. The molecule has 3 aliphatic heterocycles. The molecule has 35 heavy (non-hydrogen) atoms. The SMILES string of the molecule is CCc1cc2c3c(c1)[C@@]1(C=C(c4ccc([N+](=O)[O-])cc4)OC(N)=C1C#N)C(=O)N3C(C)(C)C=C2C. The van der Waals surface area contributed by atoms with Gasteiger partial charge in [0.1, 0.15) is 22.8 Å². The maximum Gasteiger partial charge on any atom is 0.269 e. The van der Waals surface area contributed by atoms with Crippen LogP contribution in [0, 0.1) is 21.4 Å². The van der Waals surface area contributed by atoms with Gasteiger partial charge in [0, 0.05) is 28.8 Å². The van der Waals surface area contributed by atoms with Gasteiger partial charge in [-0.25, -0.2) is 0 Å². The molecule has 0 aliphatic carbocycles. The monoisotopic (exact) mass is 468 g/mol. The summed E-state index contributed by atoms with van der Waals surface area (Å²) in [6.45, 7) is 8.00. The van der Waals surface area contributed by atoms with Crippen molar-refractivity contribution >= 4 is 28.6 Å². The molecule has 2 aromatic rings. The third kappa shape index (κ3) is 2.94. The number of nitro benzene ring substituents is 1. The summed E-state index contributed by atoms with van der Waals surface area (Å²) in [5.41, 5.74) is 9.17. The second kappa shape index (κ2) is 7.31. The van der Waals surface area contributed by atoms with E-state index in [0.29, 0.717) is 11.1 Å². The lowest BCUT2D eigenvalue weighted by atomic mass is 9.72. The molecule has 3 heterocycles. The quantitative estimate of drug-likeness (QED) is 0.514. The Kier molecular flexibility index (Phi) is 4.68. The van der Waals surface area contributed by atoms with E-state index in [9.17, 15) is 20.2 Å². The van der Waals surface area contributed by atoms with Crippen LogP contribution in [0.15, 0.2) is 60.0 Å². The lowest BCUT2D eigenvalue weighted by Gasteiger charge is -2.39. The number of anilines is 1. The summed E-state index contributed by atoms with van der Waals surface area (Å²) in [5, 5.41) is 21.3. The number of nitrogens with zero attached hydrogens (tertiary/aromatic N) is 3. The van der Waals surface area contributed by atoms with Crippen LogP contribution in [0.1, 0.15) is 49.9 Å². The lowest BCUT2D eigenvalue weighted by Crippen LogP contribution is -2.51. The fraction of sp³-hybridized carbons (Fsp3) is 0.259. The van der Waals surface area contributed by atoms with Gasteiger partial charge in [-0.2, -0.15) is 5.26 Å². The molecule has 0 bridgehead atoms. The van der Waals surface area contributed by atoms with Gasteiger partial charge in [0.15, 0.2) is 0 Å². The summed E-state index contributed by atoms with van der Waals surface area (Å²) in [7, 11) is 0. The Labute approximate surface area is 202 Å². The standard InChI is InChI=1S/C27H24N4O4/c1-5-16-10-19-15(2)12-26(3,4)30-23(19)20(11-16)27(25(30)32)13-22(35-24(29)21(27)14-28)17-6-8-18(9-7-17)31(33)34/h6-13H,5,29H2,1-4H3/t27-/m1/s1. The minimum Gasteiger partial charge on any atom is -0.440 e. The Hall–Kier alpha value is -4.38. The number of non-ortho nitro benzene ring substituents is 1. The van der Waals surface area contributed by atoms with Crippen LogP contribution in [0.25, 0.3) is 11.3 Å². The maximum atomic E-state index is 14.4. The van der Waals surface area contributed by atoms with E-state index in [2.05, 4.69) is 18.2 Å². The molecule has 1 amide bonds. The molecule has 5 rings (SSSR count). The fourth-order valence-corrected chi connectivity index (χ4v) is 5.43. The molecular formula is C27H24N4O4. The second-order valence-corrected chi connectivity index (χ2v) is 9.59. The van der Waals surface area contributed by atoms with Crippen LogP contribution in [0.4, 0.5) is 11.4 Å². The third-order valence-electron chi connectivity index (χ3n) is 7.02. The molecule has 0 fully saturated rings. The molecule has 8 nitrogen and oxygen atoms in total. The highest BCUT2D eigenvalue weighted by atomic mass is 16.6. The van der Waals surface area contributed by atoms with Gasteiger partial charge in [0.2, 0.25) is 11.8 Å². The van der Waals surface area contributed by atoms with Crippen LogP contribution in [-0.4, -0.2) is 16.4 Å². The van der Waals surface area contributed by atoms with Crippen molar-refractivity contribution in [2.24, 2.45) is 5.73 Å². The van der Waals surface area contributed by atoms with Gasteiger partial charge < -0.3 is 15.4 Å². The molecule has 3 aliphatic rings. The van der Waals surface area contributed by atoms with Crippen LogP contribution >= 0.6 is 0 Å². The number of hydrogen-bond acceptors (Lipinski definition) is 6. The Morgan fingerprint density at radius 1 is 1.20 bits per heavy atom. The molecule has 8 heteroatoms. The van der Waals surface area contributed by atoms with E-state index in [1.165, 1.54) is 12.1 Å². The van der Waals surface area contributed by atoms with E-state index in [0.717, 1.165) is 28.8 Å². The number of nitriles is 1. The van der Waals surface area contributed by atoms with Crippen molar-refractivity contribution in [2.75, 3.05) is 4.90 Å². The Morgan fingerprint density at radius 3 is 2.49 bits per heavy atom. The molecule has 0 unspecified atom stereocenters. The first-order chi connectivity index (χ1) is 16.5. The zero-order valence-corrected chi connectivity index (χ0v) is 19.9. The number of carbonyl (C=O) groups excluding carboxylic acids is 1. The van der Waals surface area contributed by atoms with Crippen molar-refractivity contribution in [1.29, 1.82) is 5.26 Å². The summed E-state index contributed by atoms with van der Waals surface area (Å²) in [4.78, 5) is 26.7. The van der Waals surface area contributed by atoms with E-state index in [4.69, 9.17) is 10.5 Å². The van der Waals surface area contributed by atoms with Gasteiger partial charge in [-0.1, -0.05) is 19.1 Å². The van der Waals surface area contributed by atoms with E-state index < -0.39 is 15.9 Å². The predicted octanol–water partition coefficient (Wildman–Crippen LogP) is 4.70. The topological polar surface area (TPSA) is 122 Å². The van der Waals surface area contributed by atoms with Crippen molar-refractivity contribution in [2.45, 2.75) is 45.1 Å². The lowest BCUT2D eigenvalue weighted by molar-refractivity contribution is -0.384. The first kappa shape index (κ1) is 22.4. The average molecular weight is 469 g/mol. The summed E-state index contributed by atoms with van der Waals surface area (Å²) in [6, 6.07) is 12.0. The molecule has 0 saturated heterocycles. The number of nitrogens with two attached hydrogens (primary N) is 1. The zero-order chi connectivity index (χ0) is 25.3. The number of rotatable bonds is 3. The van der Waals surface area contributed by atoms with Crippen molar-refractivity contribution in [3.05, 3.63) is 92.4 Å². The number of amides is 1. The number of allylic oxidation sites excluding steroid dienone is 1. The number of ether oxygens (including phenoxy) is 1. The molecular weight excluding hydrogens is 444 g/mol. The number of aryl methyl sites for hydroxylation is 1. The Morgan fingerprint density at radius 2 is 1.89 bits per heavy atom. The van der Waals surface area contributed by atoms with Crippen molar-refractivity contribution in [3.8, 4) is 6.07 Å². The highest BCUT2D eigenvalue weighted by Gasteiger charge is 2.59. The molecule has 2 N–H and O–H groups in total. The van der Waals surface area contributed by atoms with Gasteiger partial charge in [0.25, 0.3) is 5.69 Å². The highest BCUT2D eigenvalue weighted by molar-refractivity contribution is 6.17. The van der Waals surface area contributed by atoms with Crippen LogP contribution in [-0.2, 0) is 21.4 Å². The van der Waals surface area contributed by atoms with Crippen LogP contribution < -0.4 is 10.6 Å². The van der Waals surface area contributed by atoms with Crippen LogP contribution in [0.2, 0.25) is 0 Å². The van der Waals surface area contributed by atoms with E-state index in [-0.39, 0.29) is 28.8 Å². The summed E-state index contributed by atoms with van der Waals surface area (Å²) < 4.78 is 5.81. The molecule has 0 aromatic heterocycles. The number of benzene rings is 2. The number of carbonyl (C=O) groups is 1. The largest absolute Gasteiger partial charge is 0.440 e. The smallest absolute Gasteiger partial charge is 0.269 e. The average Bonchev–Trinajstić information content (AvgIpc) is 3.06. The van der Waals surface area contributed by atoms with Crippen molar-refractivity contribution in [1.82, 2.24) is 0 Å². The first-order valence-corrected chi connectivity index (χ1v) is 11.3.